The minimum Gasteiger partial charge on any atom is -0.399 e. The van der Waals surface area contributed by atoms with Gasteiger partial charge in [-0.15, -0.1) is 0 Å². The van der Waals surface area contributed by atoms with Gasteiger partial charge in [0.25, 0.3) is 0 Å². The predicted molar refractivity (Wildman–Crippen MR) is 75.3 cm³/mol. The van der Waals surface area contributed by atoms with E-state index in [-0.39, 0.29) is 0 Å². The molecule has 2 nitrogen and oxygen atoms in total. The van der Waals surface area contributed by atoms with Crippen molar-refractivity contribution in [3.63, 3.8) is 0 Å². The molecule has 1 aliphatic rings. The van der Waals surface area contributed by atoms with E-state index >= 15 is 0 Å². The molecule has 0 atom stereocenters. The Balaban J connectivity index is 1.91. The summed E-state index contributed by atoms with van der Waals surface area (Å²) >= 11 is 0. The van der Waals surface area contributed by atoms with Crippen LogP contribution in [0.4, 0.5) is 11.4 Å². The molecule has 0 unspecified atom stereocenters. The molecular weight excluding hydrogens is 208 g/mol. The molecular formula is C15H24N2. The van der Waals surface area contributed by atoms with Gasteiger partial charge in [0.2, 0.25) is 0 Å². The topological polar surface area (TPSA) is 38.0 Å². The van der Waals surface area contributed by atoms with E-state index in [4.69, 9.17) is 5.73 Å². The zero-order valence-electron chi connectivity index (χ0n) is 10.8. The van der Waals surface area contributed by atoms with Gasteiger partial charge in [-0.05, 0) is 42.5 Å². The van der Waals surface area contributed by atoms with Gasteiger partial charge in [0.05, 0.1) is 0 Å². The fourth-order valence-electron chi connectivity index (χ4n) is 2.85. The maximum Gasteiger partial charge on any atom is 0.0360 e. The quantitative estimate of drug-likeness (QED) is 0.774. The second-order valence-corrected chi connectivity index (χ2v) is 5.26. The highest BCUT2D eigenvalue weighted by atomic mass is 14.8. The first-order chi connectivity index (χ1) is 8.28. The Bertz CT molecular complexity index is 354. The summed E-state index contributed by atoms with van der Waals surface area (Å²) in [5.41, 5.74) is 9.28. The number of rotatable bonds is 4. The van der Waals surface area contributed by atoms with E-state index in [9.17, 15) is 0 Å². The summed E-state index contributed by atoms with van der Waals surface area (Å²) in [6, 6.07) is 6.33. The van der Waals surface area contributed by atoms with Gasteiger partial charge < -0.3 is 11.1 Å². The van der Waals surface area contributed by atoms with Crippen LogP contribution in [-0.2, 0) is 6.42 Å². The maximum absolute atomic E-state index is 5.90. The fraction of sp³-hybridized carbons (Fsp3) is 0.600. The van der Waals surface area contributed by atoms with Gasteiger partial charge in [-0.25, -0.2) is 0 Å². The molecule has 1 saturated carbocycles. The van der Waals surface area contributed by atoms with E-state index in [0.717, 1.165) is 17.3 Å². The number of nitrogens with one attached hydrogen (secondary N) is 1. The molecule has 1 aromatic carbocycles. The molecule has 1 aromatic rings. The lowest BCUT2D eigenvalue weighted by Crippen LogP contribution is -2.07. The van der Waals surface area contributed by atoms with Gasteiger partial charge in [-0.2, -0.15) is 0 Å². The third-order valence-corrected chi connectivity index (χ3v) is 3.87. The van der Waals surface area contributed by atoms with Gasteiger partial charge in [0.1, 0.15) is 0 Å². The van der Waals surface area contributed by atoms with Crippen LogP contribution in [0.3, 0.4) is 0 Å². The summed E-state index contributed by atoms with van der Waals surface area (Å²) in [6.07, 6.45) is 9.67. The molecule has 0 radical (unpaired) electrons. The highest BCUT2D eigenvalue weighted by Gasteiger charge is 2.13. The van der Waals surface area contributed by atoms with Crippen LogP contribution in [0.15, 0.2) is 18.2 Å². The summed E-state index contributed by atoms with van der Waals surface area (Å²) in [6.45, 7) is 0. The molecule has 17 heavy (non-hydrogen) atoms. The van der Waals surface area contributed by atoms with E-state index in [1.165, 1.54) is 50.5 Å². The van der Waals surface area contributed by atoms with Crippen LogP contribution < -0.4 is 11.1 Å². The molecule has 0 spiro atoms. The lowest BCUT2D eigenvalue weighted by molar-refractivity contribution is 0.339. The first-order valence-electron chi connectivity index (χ1n) is 6.85. The summed E-state index contributed by atoms with van der Waals surface area (Å²) in [5.74, 6) is 0.947. The number of benzene rings is 1. The lowest BCUT2D eigenvalue weighted by Gasteiger charge is -2.21. The Morgan fingerprint density at radius 3 is 2.65 bits per heavy atom. The summed E-state index contributed by atoms with van der Waals surface area (Å²) in [5, 5.41) is 3.17. The summed E-state index contributed by atoms with van der Waals surface area (Å²) in [4.78, 5) is 0. The van der Waals surface area contributed by atoms with E-state index in [1.807, 2.05) is 13.1 Å². The molecule has 0 saturated heterocycles. The molecule has 3 N–H and O–H groups in total. The van der Waals surface area contributed by atoms with Crippen molar-refractivity contribution in [2.75, 3.05) is 18.1 Å². The minimum absolute atomic E-state index is 0.871. The average molecular weight is 232 g/mol. The van der Waals surface area contributed by atoms with Crippen LogP contribution >= 0.6 is 0 Å². The Hall–Kier alpha value is -1.18. The van der Waals surface area contributed by atoms with Crippen molar-refractivity contribution in [3.05, 3.63) is 23.8 Å². The SMILES string of the molecule is CNc1cc(N)cc(CCC2CCCCC2)c1. The standard InChI is InChI=1S/C15H24N2/c1-17-15-10-13(9-14(16)11-15)8-7-12-5-3-2-4-6-12/h9-12,17H,2-8,16H2,1H3. The summed E-state index contributed by atoms with van der Waals surface area (Å²) in [7, 11) is 1.94. The maximum atomic E-state index is 5.90. The Kier molecular flexibility index (Phi) is 4.29. The van der Waals surface area contributed by atoms with Gasteiger partial charge in [-0.3, -0.25) is 0 Å². The fourth-order valence-corrected chi connectivity index (χ4v) is 2.85. The Morgan fingerprint density at radius 1 is 1.18 bits per heavy atom. The molecule has 0 bridgehead atoms. The zero-order valence-corrected chi connectivity index (χ0v) is 10.8. The number of aryl methyl sites for hydroxylation is 1. The van der Waals surface area contributed by atoms with E-state index in [2.05, 4.69) is 17.4 Å². The van der Waals surface area contributed by atoms with Crippen molar-refractivity contribution in [3.8, 4) is 0 Å². The van der Waals surface area contributed by atoms with Crippen LogP contribution in [-0.4, -0.2) is 7.05 Å². The minimum atomic E-state index is 0.871. The van der Waals surface area contributed by atoms with Gasteiger partial charge in [-0.1, -0.05) is 32.1 Å². The van der Waals surface area contributed by atoms with Gasteiger partial charge in [0, 0.05) is 18.4 Å². The van der Waals surface area contributed by atoms with Crippen LogP contribution in [0.1, 0.15) is 44.1 Å². The molecule has 0 aromatic heterocycles. The van der Waals surface area contributed by atoms with Crippen molar-refractivity contribution in [2.24, 2.45) is 5.92 Å². The second kappa shape index (κ2) is 5.95. The van der Waals surface area contributed by atoms with Crippen molar-refractivity contribution in [1.82, 2.24) is 0 Å². The number of nitrogen functional groups attached to an aromatic ring is 1. The molecule has 0 aliphatic heterocycles. The van der Waals surface area contributed by atoms with Gasteiger partial charge in [0.15, 0.2) is 0 Å². The third kappa shape index (κ3) is 3.65. The zero-order chi connectivity index (χ0) is 12.1. The largest absolute Gasteiger partial charge is 0.399 e. The van der Waals surface area contributed by atoms with E-state index in [0.29, 0.717) is 0 Å². The molecule has 0 amide bonds. The number of anilines is 2. The molecule has 2 heteroatoms. The molecule has 0 heterocycles. The highest BCUT2D eigenvalue weighted by Crippen LogP contribution is 2.28. The normalized spacial score (nSPS) is 17.0. The van der Waals surface area contributed by atoms with Crippen molar-refractivity contribution in [1.29, 1.82) is 0 Å². The number of nitrogens with two attached hydrogens (primary N) is 1. The third-order valence-electron chi connectivity index (χ3n) is 3.87. The van der Waals surface area contributed by atoms with Crippen molar-refractivity contribution in [2.45, 2.75) is 44.9 Å². The molecule has 1 aliphatic carbocycles. The van der Waals surface area contributed by atoms with E-state index < -0.39 is 0 Å². The lowest BCUT2D eigenvalue weighted by atomic mass is 9.85. The molecule has 1 fully saturated rings. The number of hydrogen-bond acceptors (Lipinski definition) is 2. The predicted octanol–water partition coefficient (Wildman–Crippen LogP) is 3.82. The monoisotopic (exact) mass is 232 g/mol. The summed E-state index contributed by atoms with van der Waals surface area (Å²) < 4.78 is 0. The van der Waals surface area contributed by atoms with Crippen LogP contribution in [0, 0.1) is 5.92 Å². The smallest absolute Gasteiger partial charge is 0.0360 e. The second-order valence-electron chi connectivity index (χ2n) is 5.26. The molecule has 2 rings (SSSR count). The van der Waals surface area contributed by atoms with Crippen LogP contribution in [0.2, 0.25) is 0 Å². The van der Waals surface area contributed by atoms with Crippen LogP contribution in [0.25, 0.3) is 0 Å². The number of hydrogen-bond donors (Lipinski definition) is 2. The Morgan fingerprint density at radius 2 is 1.94 bits per heavy atom. The Labute approximate surface area is 105 Å². The average Bonchev–Trinajstić information content (AvgIpc) is 2.37. The highest BCUT2D eigenvalue weighted by molar-refractivity contribution is 5.56. The van der Waals surface area contributed by atoms with Crippen molar-refractivity contribution < 1.29 is 0 Å². The van der Waals surface area contributed by atoms with Gasteiger partial charge >= 0.3 is 0 Å². The van der Waals surface area contributed by atoms with Crippen LogP contribution in [0.5, 0.6) is 0 Å². The first kappa shape index (κ1) is 12.3. The van der Waals surface area contributed by atoms with E-state index in [1.54, 1.807) is 0 Å². The van der Waals surface area contributed by atoms with Crippen molar-refractivity contribution >= 4 is 11.4 Å². The molecule has 94 valence electrons. The first-order valence-corrected chi connectivity index (χ1v) is 6.85.